The van der Waals surface area contributed by atoms with Gasteiger partial charge < -0.3 is 4.90 Å². The number of unbranched alkanes of at least 4 members (excludes halogenated alkanes) is 2. The van der Waals surface area contributed by atoms with Gasteiger partial charge in [0.1, 0.15) is 0 Å². The number of carbonyl (C=O) groups is 1. The zero-order valence-electron chi connectivity index (χ0n) is 12.0. The van der Waals surface area contributed by atoms with Crippen LogP contribution in [0.4, 0.5) is 0 Å². The fourth-order valence-electron chi connectivity index (χ4n) is 1.95. The van der Waals surface area contributed by atoms with E-state index in [1.54, 1.807) is 0 Å². The van der Waals surface area contributed by atoms with Crippen molar-refractivity contribution in [3.8, 4) is 0 Å². The van der Waals surface area contributed by atoms with Crippen LogP contribution < -0.4 is 0 Å². The maximum Gasteiger partial charge on any atom is 0.174 e. The molecule has 0 aromatic carbocycles. The Hall–Kier alpha value is -0.190. The van der Waals surface area contributed by atoms with Crippen LogP contribution in [0.25, 0.3) is 0 Å². The van der Waals surface area contributed by atoms with Gasteiger partial charge in [0.15, 0.2) is 5.78 Å². The molecular formula is C15H24BrNOS. The first-order chi connectivity index (χ1) is 9.17. The van der Waals surface area contributed by atoms with Crippen LogP contribution in [0.1, 0.15) is 55.6 Å². The average Bonchev–Trinajstić information content (AvgIpc) is 2.84. The van der Waals surface area contributed by atoms with Crippen molar-refractivity contribution in [2.45, 2.75) is 46.0 Å². The number of thiophene rings is 1. The van der Waals surface area contributed by atoms with Crippen molar-refractivity contribution in [2.75, 3.05) is 19.6 Å². The van der Waals surface area contributed by atoms with Crippen LogP contribution >= 0.6 is 27.3 Å². The molecule has 0 radical (unpaired) electrons. The number of ketones is 1. The summed E-state index contributed by atoms with van der Waals surface area (Å²) >= 11 is 4.94. The van der Waals surface area contributed by atoms with Crippen molar-refractivity contribution in [2.24, 2.45) is 0 Å². The molecule has 0 aliphatic heterocycles. The van der Waals surface area contributed by atoms with E-state index < -0.39 is 0 Å². The van der Waals surface area contributed by atoms with E-state index in [1.165, 1.54) is 37.0 Å². The summed E-state index contributed by atoms with van der Waals surface area (Å²) in [4.78, 5) is 15.4. The summed E-state index contributed by atoms with van der Waals surface area (Å²) in [5.74, 6) is 0.272. The molecule has 1 rings (SSSR count). The van der Waals surface area contributed by atoms with Gasteiger partial charge in [-0.15, -0.1) is 11.3 Å². The molecule has 19 heavy (non-hydrogen) atoms. The first-order valence-corrected chi connectivity index (χ1v) is 8.79. The minimum Gasteiger partial charge on any atom is -0.303 e. The summed E-state index contributed by atoms with van der Waals surface area (Å²) < 4.78 is 1.03. The Labute approximate surface area is 129 Å². The van der Waals surface area contributed by atoms with Crippen molar-refractivity contribution >= 4 is 33.0 Å². The molecule has 0 unspecified atom stereocenters. The number of hydrogen-bond acceptors (Lipinski definition) is 3. The molecule has 0 saturated carbocycles. The van der Waals surface area contributed by atoms with E-state index in [1.807, 2.05) is 12.1 Å². The van der Waals surface area contributed by atoms with Crippen LogP contribution in [0.5, 0.6) is 0 Å². The summed E-state index contributed by atoms with van der Waals surface area (Å²) in [5.41, 5.74) is 0. The fourth-order valence-corrected chi connectivity index (χ4v) is 3.30. The lowest BCUT2D eigenvalue weighted by molar-refractivity contribution is 0.0967. The Balaban J connectivity index is 2.39. The van der Waals surface area contributed by atoms with Crippen LogP contribution in [0.15, 0.2) is 15.9 Å². The average molecular weight is 346 g/mol. The van der Waals surface area contributed by atoms with Crippen molar-refractivity contribution in [1.29, 1.82) is 0 Å². The number of halogens is 1. The van der Waals surface area contributed by atoms with Crippen LogP contribution in [-0.4, -0.2) is 30.3 Å². The molecule has 1 aromatic heterocycles. The third kappa shape index (κ3) is 6.68. The van der Waals surface area contributed by atoms with Gasteiger partial charge in [0, 0.05) is 13.0 Å². The molecule has 0 fully saturated rings. The Bertz CT molecular complexity index is 370. The zero-order chi connectivity index (χ0) is 14.1. The maximum atomic E-state index is 12.1. The molecule has 0 saturated heterocycles. The van der Waals surface area contributed by atoms with Crippen molar-refractivity contribution in [3.05, 3.63) is 20.8 Å². The smallest absolute Gasteiger partial charge is 0.174 e. The van der Waals surface area contributed by atoms with Gasteiger partial charge in [0.05, 0.1) is 8.66 Å². The first kappa shape index (κ1) is 16.9. The van der Waals surface area contributed by atoms with Gasteiger partial charge in [-0.25, -0.2) is 0 Å². The highest BCUT2D eigenvalue weighted by atomic mass is 79.9. The third-order valence-corrected chi connectivity index (χ3v) is 4.82. The number of carbonyl (C=O) groups excluding carboxylic acids is 1. The summed E-state index contributed by atoms with van der Waals surface area (Å²) in [7, 11) is 0. The van der Waals surface area contributed by atoms with E-state index in [0.717, 1.165) is 28.3 Å². The lowest BCUT2D eigenvalue weighted by atomic mass is 10.2. The molecule has 0 amide bonds. The van der Waals surface area contributed by atoms with Crippen LogP contribution in [0.2, 0.25) is 0 Å². The van der Waals surface area contributed by atoms with Crippen LogP contribution in [0, 0.1) is 0 Å². The SMILES string of the molecule is CCCCN(CCCC)CCC(=O)c1ccc(Br)s1. The van der Waals surface area contributed by atoms with Crippen molar-refractivity contribution < 1.29 is 4.79 Å². The summed E-state index contributed by atoms with van der Waals surface area (Å²) in [6.07, 6.45) is 5.52. The monoisotopic (exact) mass is 345 g/mol. The van der Waals surface area contributed by atoms with E-state index in [4.69, 9.17) is 0 Å². The third-order valence-electron chi connectivity index (χ3n) is 3.16. The molecule has 0 aliphatic carbocycles. The highest BCUT2D eigenvalue weighted by Gasteiger charge is 2.11. The van der Waals surface area contributed by atoms with Crippen LogP contribution in [-0.2, 0) is 0 Å². The van der Waals surface area contributed by atoms with Crippen molar-refractivity contribution in [1.82, 2.24) is 4.90 Å². The molecule has 0 spiro atoms. The Morgan fingerprint density at radius 1 is 1.16 bits per heavy atom. The topological polar surface area (TPSA) is 20.3 Å². The van der Waals surface area contributed by atoms with E-state index in [0.29, 0.717) is 6.42 Å². The van der Waals surface area contributed by atoms with Gasteiger partial charge in [-0.2, -0.15) is 0 Å². The second-order valence-electron chi connectivity index (χ2n) is 4.83. The Morgan fingerprint density at radius 2 is 1.79 bits per heavy atom. The fraction of sp³-hybridized carbons (Fsp3) is 0.667. The summed E-state index contributed by atoms with van der Waals surface area (Å²) in [5, 5.41) is 0. The standard InChI is InChI=1S/C15H24BrNOS/c1-3-5-10-17(11-6-4-2)12-9-13(18)14-7-8-15(16)19-14/h7-8H,3-6,9-12H2,1-2H3. The van der Waals surface area contributed by atoms with Crippen molar-refractivity contribution in [3.63, 3.8) is 0 Å². The van der Waals surface area contributed by atoms with E-state index in [2.05, 4.69) is 34.7 Å². The number of nitrogens with zero attached hydrogens (tertiary/aromatic N) is 1. The van der Waals surface area contributed by atoms with Gasteiger partial charge >= 0.3 is 0 Å². The van der Waals surface area contributed by atoms with E-state index in [-0.39, 0.29) is 5.78 Å². The molecule has 0 atom stereocenters. The van der Waals surface area contributed by atoms with Crippen LogP contribution in [0.3, 0.4) is 0 Å². The Kier molecular flexibility index (Phi) is 8.58. The molecular weight excluding hydrogens is 322 g/mol. The summed E-state index contributed by atoms with van der Waals surface area (Å²) in [6.45, 7) is 7.57. The minimum atomic E-state index is 0.272. The molecule has 1 aromatic rings. The molecule has 4 heteroatoms. The van der Waals surface area contributed by atoms with Gasteiger partial charge in [-0.1, -0.05) is 26.7 Å². The molecule has 1 heterocycles. The first-order valence-electron chi connectivity index (χ1n) is 7.18. The highest BCUT2D eigenvalue weighted by molar-refractivity contribution is 9.11. The zero-order valence-corrected chi connectivity index (χ0v) is 14.4. The maximum absolute atomic E-state index is 12.1. The molecule has 0 aliphatic rings. The Morgan fingerprint density at radius 3 is 2.26 bits per heavy atom. The molecule has 2 nitrogen and oxygen atoms in total. The number of Topliss-reactive ketones (excluding diaryl/α,β-unsaturated/α-hetero) is 1. The molecule has 0 N–H and O–H groups in total. The highest BCUT2D eigenvalue weighted by Crippen LogP contribution is 2.23. The summed E-state index contributed by atoms with van der Waals surface area (Å²) in [6, 6.07) is 3.86. The quantitative estimate of drug-likeness (QED) is 0.557. The van der Waals surface area contributed by atoms with Gasteiger partial charge in [-0.05, 0) is 54.0 Å². The van der Waals surface area contributed by atoms with E-state index >= 15 is 0 Å². The van der Waals surface area contributed by atoms with Gasteiger partial charge in [0.2, 0.25) is 0 Å². The number of hydrogen-bond donors (Lipinski definition) is 0. The van der Waals surface area contributed by atoms with E-state index in [9.17, 15) is 4.79 Å². The van der Waals surface area contributed by atoms with Gasteiger partial charge in [-0.3, -0.25) is 4.79 Å². The minimum absolute atomic E-state index is 0.272. The normalized spacial score (nSPS) is 11.2. The predicted octanol–water partition coefficient (Wildman–Crippen LogP) is 4.99. The van der Waals surface area contributed by atoms with Gasteiger partial charge in [0.25, 0.3) is 0 Å². The second kappa shape index (κ2) is 9.67. The lowest BCUT2D eigenvalue weighted by Gasteiger charge is -2.21. The molecule has 108 valence electrons. The lowest BCUT2D eigenvalue weighted by Crippen LogP contribution is -2.28. The second-order valence-corrected chi connectivity index (χ2v) is 7.29. The predicted molar refractivity (Wildman–Crippen MR) is 87.2 cm³/mol. The largest absolute Gasteiger partial charge is 0.303 e. The molecule has 0 bridgehead atoms. The number of rotatable bonds is 10.